The monoisotopic (exact) mass is 484 g/mol. The molecule has 10 heteroatoms. The summed E-state index contributed by atoms with van der Waals surface area (Å²) in [5.41, 5.74) is 4.81. The summed E-state index contributed by atoms with van der Waals surface area (Å²) in [6, 6.07) is 6.22. The third kappa shape index (κ3) is 3.98. The highest BCUT2D eigenvalue weighted by atomic mass is 16.5. The molecular weight excluding hydrogens is 456 g/mol. The zero-order chi connectivity index (χ0) is 24.8. The van der Waals surface area contributed by atoms with Crippen molar-refractivity contribution < 1.29 is 9.53 Å². The number of nitrogens with zero attached hydrogens (tertiary/aromatic N) is 6. The van der Waals surface area contributed by atoms with Gasteiger partial charge in [0.05, 0.1) is 5.69 Å². The van der Waals surface area contributed by atoms with E-state index in [2.05, 4.69) is 37.6 Å². The first-order chi connectivity index (χ1) is 17.5. The maximum absolute atomic E-state index is 12.6. The number of hydrogen-bond acceptors (Lipinski definition) is 8. The van der Waals surface area contributed by atoms with Gasteiger partial charge in [-0.05, 0) is 43.9 Å². The number of nitrogens with one attached hydrogen (secondary N) is 2. The summed E-state index contributed by atoms with van der Waals surface area (Å²) in [5.74, 6) is 2.09. The molecule has 36 heavy (non-hydrogen) atoms. The minimum Gasteiger partial charge on any atom is -0.474 e. The smallest absolute Gasteiger partial charge is 0.244 e. The molecule has 0 saturated heterocycles. The minimum atomic E-state index is 0.0935. The number of pyridine rings is 3. The molecule has 0 aliphatic carbocycles. The van der Waals surface area contributed by atoms with Crippen LogP contribution < -0.4 is 15.4 Å². The molecule has 0 unspecified atom stereocenters. The molecule has 0 spiro atoms. The van der Waals surface area contributed by atoms with Gasteiger partial charge in [0.15, 0.2) is 5.82 Å². The van der Waals surface area contributed by atoms with Gasteiger partial charge in [0, 0.05) is 66.9 Å². The predicted molar refractivity (Wildman–Crippen MR) is 138 cm³/mol. The molecule has 0 bridgehead atoms. The summed E-state index contributed by atoms with van der Waals surface area (Å²) < 4.78 is 7.45. The Kier molecular flexibility index (Phi) is 5.43. The molecule has 0 radical (unpaired) electrons. The van der Waals surface area contributed by atoms with Gasteiger partial charge in [-0.1, -0.05) is 0 Å². The summed E-state index contributed by atoms with van der Waals surface area (Å²) >= 11 is 0. The lowest BCUT2D eigenvalue weighted by atomic mass is 10.0. The van der Waals surface area contributed by atoms with E-state index in [4.69, 9.17) is 4.74 Å². The van der Waals surface area contributed by atoms with E-state index in [0.29, 0.717) is 30.7 Å². The van der Waals surface area contributed by atoms with Gasteiger partial charge in [-0.25, -0.2) is 9.97 Å². The Balaban J connectivity index is 1.27. The van der Waals surface area contributed by atoms with Crippen LogP contribution in [0.5, 0.6) is 5.88 Å². The Hall–Kier alpha value is -4.21. The fourth-order valence-corrected chi connectivity index (χ4v) is 4.84. The second-order valence-corrected chi connectivity index (χ2v) is 9.47. The van der Waals surface area contributed by atoms with Gasteiger partial charge in [-0.2, -0.15) is 5.10 Å². The molecule has 10 nitrogen and oxygen atoms in total. The molecule has 4 aromatic heterocycles. The van der Waals surface area contributed by atoms with Gasteiger partial charge in [-0.15, -0.1) is 0 Å². The van der Waals surface area contributed by atoms with E-state index < -0.39 is 0 Å². The zero-order valence-electron chi connectivity index (χ0n) is 20.6. The molecule has 4 aromatic rings. The van der Waals surface area contributed by atoms with Crippen molar-refractivity contribution in [3.8, 4) is 17.1 Å². The van der Waals surface area contributed by atoms with Crippen molar-refractivity contribution in [2.45, 2.75) is 39.8 Å². The second-order valence-electron chi connectivity index (χ2n) is 9.47. The average molecular weight is 485 g/mol. The van der Waals surface area contributed by atoms with Crippen molar-refractivity contribution in [1.82, 2.24) is 29.6 Å². The van der Waals surface area contributed by atoms with Crippen LogP contribution in [-0.2, 0) is 17.8 Å². The van der Waals surface area contributed by atoms with Crippen LogP contribution >= 0.6 is 0 Å². The van der Waals surface area contributed by atoms with E-state index in [0.717, 1.165) is 51.9 Å². The molecule has 6 rings (SSSR count). The van der Waals surface area contributed by atoms with Gasteiger partial charge in [0.25, 0.3) is 0 Å². The fourth-order valence-electron chi connectivity index (χ4n) is 4.84. The highest BCUT2D eigenvalue weighted by Crippen LogP contribution is 2.35. The molecule has 0 atom stereocenters. The third-order valence-corrected chi connectivity index (χ3v) is 6.78. The summed E-state index contributed by atoms with van der Waals surface area (Å²) in [7, 11) is 0. The number of carbonyl (C=O) groups excluding carboxylic acids is 1. The zero-order valence-corrected chi connectivity index (χ0v) is 20.6. The van der Waals surface area contributed by atoms with Crippen LogP contribution in [0, 0.1) is 6.92 Å². The van der Waals surface area contributed by atoms with Crippen molar-refractivity contribution in [2.24, 2.45) is 0 Å². The van der Waals surface area contributed by atoms with Crippen molar-refractivity contribution in [3.05, 3.63) is 48.0 Å². The van der Waals surface area contributed by atoms with Gasteiger partial charge >= 0.3 is 0 Å². The normalized spacial score (nSPS) is 15.2. The molecule has 6 heterocycles. The van der Waals surface area contributed by atoms with Crippen LogP contribution in [0.1, 0.15) is 25.1 Å². The Morgan fingerprint density at radius 3 is 2.78 bits per heavy atom. The molecule has 2 aliphatic heterocycles. The lowest BCUT2D eigenvalue weighted by molar-refractivity contribution is -0.133. The van der Waals surface area contributed by atoms with E-state index in [9.17, 15) is 4.79 Å². The topological polar surface area (TPSA) is 110 Å². The number of anilines is 3. The average Bonchev–Trinajstić information content (AvgIpc) is 3.16. The molecule has 0 fully saturated rings. The van der Waals surface area contributed by atoms with Crippen LogP contribution in [0.15, 0.2) is 36.8 Å². The highest BCUT2D eigenvalue weighted by Gasteiger charge is 2.24. The molecular formula is C26H28N8O2. The summed E-state index contributed by atoms with van der Waals surface area (Å²) in [6.45, 7) is 8.46. The van der Waals surface area contributed by atoms with Crippen LogP contribution in [0.2, 0.25) is 0 Å². The Morgan fingerprint density at radius 1 is 1.06 bits per heavy atom. The molecule has 0 saturated carbocycles. The van der Waals surface area contributed by atoms with Crippen molar-refractivity contribution >= 4 is 34.0 Å². The first kappa shape index (κ1) is 22.3. The van der Waals surface area contributed by atoms with E-state index in [-0.39, 0.29) is 18.5 Å². The maximum atomic E-state index is 12.6. The number of amides is 1. The van der Waals surface area contributed by atoms with Crippen molar-refractivity contribution in [2.75, 3.05) is 30.3 Å². The number of ether oxygens (including phenoxy) is 1. The van der Waals surface area contributed by atoms with Gasteiger partial charge in [-0.3, -0.25) is 14.5 Å². The van der Waals surface area contributed by atoms with Crippen molar-refractivity contribution in [1.29, 1.82) is 0 Å². The van der Waals surface area contributed by atoms with Crippen LogP contribution in [0.3, 0.4) is 0 Å². The largest absolute Gasteiger partial charge is 0.474 e. The number of fused-ring (bicyclic) bond motifs is 3. The lowest BCUT2D eigenvalue weighted by Crippen LogP contribution is -2.38. The Bertz CT molecular complexity index is 1480. The molecule has 2 aliphatic rings. The first-order valence-electron chi connectivity index (χ1n) is 12.2. The lowest BCUT2D eigenvalue weighted by Gasteiger charge is -2.24. The SMILES string of the molecule is Cc1c(-c2cc3cc(Nc4cc5n(n4)CC(=O)N(C(C)C)CC5)ncc3cn2)cnc2c1NCCO2. The van der Waals surface area contributed by atoms with Crippen LogP contribution in [0.4, 0.5) is 17.3 Å². The van der Waals surface area contributed by atoms with E-state index in [1.165, 1.54) is 0 Å². The first-order valence-corrected chi connectivity index (χ1v) is 12.2. The van der Waals surface area contributed by atoms with Crippen LogP contribution in [-0.4, -0.2) is 61.3 Å². The predicted octanol–water partition coefficient (Wildman–Crippen LogP) is 3.54. The van der Waals surface area contributed by atoms with Crippen molar-refractivity contribution in [3.63, 3.8) is 0 Å². The molecule has 184 valence electrons. The number of aromatic nitrogens is 5. The van der Waals surface area contributed by atoms with Crippen LogP contribution in [0.25, 0.3) is 22.0 Å². The van der Waals surface area contributed by atoms with Gasteiger partial charge < -0.3 is 20.3 Å². The number of rotatable bonds is 4. The number of carbonyl (C=O) groups is 1. The quantitative estimate of drug-likeness (QED) is 0.453. The highest BCUT2D eigenvalue weighted by molar-refractivity contribution is 5.88. The van der Waals surface area contributed by atoms with Gasteiger partial charge in [0.1, 0.15) is 24.7 Å². The Morgan fingerprint density at radius 2 is 1.92 bits per heavy atom. The molecule has 2 N–H and O–H groups in total. The van der Waals surface area contributed by atoms with E-state index in [1.807, 2.05) is 49.3 Å². The maximum Gasteiger partial charge on any atom is 0.244 e. The number of hydrogen-bond donors (Lipinski definition) is 2. The second kappa shape index (κ2) is 8.78. The standard InChI is InChI=1S/C26H28N8O2/c1-15(2)33-6-4-19-10-23(32-34(19)14-24(33)35)31-22-9-17-8-21(28-11-18(17)12-29-22)20-13-30-26-25(16(20)3)27-5-7-36-26/h8-13,15,27H,4-7,14H2,1-3H3,(H,29,31,32). The fraction of sp³-hybridized carbons (Fsp3) is 0.346. The summed E-state index contributed by atoms with van der Waals surface area (Å²) in [4.78, 5) is 28.2. The summed E-state index contributed by atoms with van der Waals surface area (Å²) in [5, 5.41) is 13.3. The third-order valence-electron chi connectivity index (χ3n) is 6.78. The van der Waals surface area contributed by atoms with Gasteiger partial charge in [0.2, 0.25) is 11.8 Å². The summed E-state index contributed by atoms with van der Waals surface area (Å²) in [6.07, 6.45) is 6.21. The van der Waals surface area contributed by atoms with E-state index >= 15 is 0 Å². The molecule has 1 amide bonds. The minimum absolute atomic E-state index is 0.0935. The Labute approximate surface area is 208 Å². The van der Waals surface area contributed by atoms with E-state index in [1.54, 1.807) is 10.9 Å². The molecule has 0 aromatic carbocycles.